The molecule has 1 heterocycles. The van der Waals surface area contributed by atoms with Gasteiger partial charge in [0.1, 0.15) is 0 Å². The van der Waals surface area contributed by atoms with E-state index in [1.54, 1.807) is 12.4 Å². The Balaban J connectivity index is 2.18. The van der Waals surface area contributed by atoms with Gasteiger partial charge in [0.25, 0.3) is 0 Å². The van der Waals surface area contributed by atoms with Crippen molar-refractivity contribution in [2.75, 3.05) is 7.11 Å². The van der Waals surface area contributed by atoms with Crippen LogP contribution in [0.4, 0.5) is 0 Å². The highest BCUT2D eigenvalue weighted by Crippen LogP contribution is 2.31. The first-order valence-electron chi connectivity index (χ1n) is 6.11. The molecule has 0 aliphatic heterocycles. The van der Waals surface area contributed by atoms with E-state index >= 15 is 0 Å². The lowest BCUT2D eigenvalue weighted by Crippen LogP contribution is -2.23. The van der Waals surface area contributed by atoms with Crippen LogP contribution in [-0.4, -0.2) is 22.9 Å². The van der Waals surface area contributed by atoms with E-state index in [1.165, 1.54) is 13.5 Å². The number of Topliss-reactive ketones (excluding diaryl/α,β-unsaturated/α-hetero) is 1. The summed E-state index contributed by atoms with van der Waals surface area (Å²) in [6.07, 6.45) is 7.35. The maximum Gasteiger partial charge on any atom is 0.243 e. The standard InChI is InChI=1S/C13H18N2O2/c1-9-4-3-5-10(8-9)12(16)11-13(17-2)15-7-6-14-11/h6-7,9-10H,3-5,8H2,1-2H3. The predicted octanol–water partition coefficient (Wildman–Crippen LogP) is 2.49. The maximum absolute atomic E-state index is 12.3. The van der Waals surface area contributed by atoms with E-state index in [-0.39, 0.29) is 11.7 Å². The van der Waals surface area contributed by atoms with Crippen LogP contribution in [0.2, 0.25) is 0 Å². The third kappa shape index (κ3) is 2.62. The first-order valence-corrected chi connectivity index (χ1v) is 6.11. The molecule has 2 atom stereocenters. The molecule has 2 unspecified atom stereocenters. The predicted molar refractivity (Wildman–Crippen MR) is 64.0 cm³/mol. The first kappa shape index (κ1) is 12.0. The number of methoxy groups -OCH3 is 1. The number of hydrogen-bond donors (Lipinski definition) is 0. The van der Waals surface area contributed by atoms with Crippen LogP contribution in [0, 0.1) is 11.8 Å². The SMILES string of the molecule is COc1nccnc1C(=O)C1CCCC(C)C1. The van der Waals surface area contributed by atoms with E-state index in [1.807, 2.05) is 0 Å². The average molecular weight is 234 g/mol. The molecule has 1 fully saturated rings. The van der Waals surface area contributed by atoms with E-state index in [0.29, 0.717) is 17.5 Å². The van der Waals surface area contributed by atoms with Crippen molar-refractivity contribution in [1.29, 1.82) is 0 Å². The van der Waals surface area contributed by atoms with Crippen molar-refractivity contribution >= 4 is 5.78 Å². The van der Waals surface area contributed by atoms with Crippen molar-refractivity contribution in [3.8, 4) is 5.88 Å². The van der Waals surface area contributed by atoms with Crippen LogP contribution in [0.15, 0.2) is 12.4 Å². The zero-order valence-corrected chi connectivity index (χ0v) is 10.3. The van der Waals surface area contributed by atoms with Crippen molar-refractivity contribution < 1.29 is 9.53 Å². The van der Waals surface area contributed by atoms with E-state index in [2.05, 4.69) is 16.9 Å². The largest absolute Gasteiger partial charge is 0.479 e. The number of carbonyl (C=O) groups is 1. The minimum Gasteiger partial charge on any atom is -0.479 e. The molecule has 4 nitrogen and oxygen atoms in total. The first-order chi connectivity index (χ1) is 8.22. The molecule has 1 aromatic rings. The lowest BCUT2D eigenvalue weighted by molar-refractivity contribution is 0.0858. The molecule has 2 rings (SSSR count). The van der Waals surface area contributed by atoms with Gasteiger partial charge in [-0.05, 0) is 18.8 Å². The lowest BCUT2D eigenvalue weighted by Gasteiger charge is -2.25. The molecule has 1 saturated carbocycles. The van der Waals surface area contributed by atoms with Crippen molar-refractivity contribution in [2.45, 2.75) is 32.6 Å². The highest BCUT2D eigenvalue weighted by atomic mass is 16.5. The van der Waals surface area contributed by atoms with Crippen molar-refractivity contribution in [2.24, 2.45) is 11.8 Å². The summed E-state index contributed by atoms with van der Waals surface area (Å²) < 4.78 is 5.09. The molecule has 0 amide bonds. The van der Waals surface area contributed by atoms with Gasteiger partial charge in [-0.15, -0.1) is 0 Å². The number of aromatic nitrogens is 2. The van der Waals surface area contributed by atoms with Gasteiger partial charge in [-0.3, -0.25) is 4.79 Å². The van der Waals surface area contributed by atoms with Gasteiger partial charge in [-0.1, -0.05) is 19.8 Å². The Hall–Kier alpha value is -1.45. The summed E-state index contributed by atoms with van der Waals surface area (Å²) in [5.41, 5.74) is 0.383. The summed E-state index contributed by atoms with van der Waals surface area (Å²) >= 11 is 0. The molecule has 0 aromatic carbocycles. The number of carbonyl (C=O) groups excluding carboxylic acids is 1. The van der Waals surface area contributed by atoms with Crippen molar-refractivity contribution in [3.63, 3.8) is 0 Å². The molecule has 0 bridgehead atoms. The van der Waals surface area contributed by atoms with Crippen LogP contribution in [-0.2, 0) is 0 Å². The van der Waals surface area contributed by atoms with Gasteiger partial charge < -0.3 is 4.74 Å². The van der Waals surface area contributed by atoms with E-state index < -0.39 is 0 Å². The lowest BCUT2D eigenvalue weighted by atomic mass is 9.79. The van der Waals surface area contributed by atoms with Gasteiger partial charge in [0.05, 0.1) is 7.11 Å². The number of hydrogen-bond acceptors (Lipinski definition) is 4. The minimum absolute atomic E-state index is 0.0847. The monoisotopic (exact) mass is 234 g/mol. The minimum atomic E-state index is 0.0847. The Morgan fingerprint density at radius 2 is 2.12 bits per heavy atom. The summed E-state index contributed by atoms with van der Waals surface area (Å²) in [5.74, 6) is 1.14. The van der Waals surface area contributed by atoms with E-state index in [4.69, 9.17) is 4.74 Å². The molecule has 92 valence electrons. The molecule has 4 heteroatoms. The molecule has 0 spiro atoms. The number of rotatable bonds is 3. The van der Waals surface area contributed by atoms with Crippen LogP contribution < -0.4 is 4.74 Å². The maximum atomic E-state index is 12.3. The van der Waals surface area contributed by atoms with Crippen molar-refractivity contribution in [1.82, 2.24) is 9.97 Å². The van der Waals surface area contributed by atoms with Crippen LogP contribution in [0.1, 0.15) is 43.1 Å². The molecule has 1 aliphatic carbocycles. The zero-order chi connectivity index (χ0) is 12.3. The van der Waals surface area contributed by atoms with E-state index in [9.17, 15) is 4.79 Å². The summed E-state index contributed by atoms with van der Waals surface area (Å²) in [5, 5.41) is 0. The molecular formula is C13H18N2O2. The topological polar surface area (TPSA) is 52.1 Å². The van der Waals surface area contributed by atoms with Gasteiger partial charge in [-0.25, -0.2) is 9.97 Å². The molecule has 1 aliphatic rings. The third-order valence-electron chi connectivity index (χ3n) is 3.40. The summed E-state index contributed by atoms with van der Waals surface area (Å²) in [4.78, 5) is 20.5. The summed E-state index contributed by atoms with van der Waals surface area (Å²) in [6.45, 7) is 2.20. The third-order valence-corrected chi connectivity index (χ3v) is 3.40. The summed E-state index contributed by atoms with van der Waals surface area (Å²) in [7, 11) is 1.52. The fourth-order valence-electron chi connectivity index (χ4n) is 2.51. The number of ketones is 1. The van der Waals surface area contributed by atoms with Gasteiger partial charge in [0.15, 0.2) is 11.5 Å². The quantitative estimate of drug-likeness (QED) is 0.754. The second kappa shape index (κ2) is 5.25. The van der Waals surface area contributed by atoms with Gasteiger partial charge >= 0.3 is 0 Å². The second-order valence-electron chi connectivity index (χ2n) is 4.75. The van der Waals surface area contributed by atoms with Crippen LogP contribution in [0.5, 0.6) is 5.88 Å². The van der Waals surface area contributed by atoms with Crippen LogP contribution in [0.3, 0.4) is 0 Å². The second-order valence-corrected chi connectivity index (χ2v) is 4.75. The average Bonchev–Trinajstić information content (AvgIpc) is 2.38. The Morgan fingerprint density at radius 1 is 1.35 bits per heavy atom. The van der Waals surface area contributed by atoms with Crippen LogP contribution >= 0.6 is 0 Å². The smallest absolute Gasteiger partial charge is 0.243 e. The summed E-state index contributed by atoms with van der Waals surface area (Å²) in [6, 6.07) is 0. The Labute approximate surface area is 101 Å². The molecular weight excluding hydrogens is 216 g/mol. The fraction of sp³-hybridized carbons (Fsp3) is 0.615. The Kier molecular flexibility index (Phi) is 3.71. The molecule has 0 radical (unpaired) electrons. The number of ether oxygens (including phenoxy) is 1. The molecule has 1 aromatic heterocycles. The Bertz CT molecular complexity index is 406. The Morgan fingerprint density at radius 3 is 2.82 bits per heavy atom. The van der Waals surface area contributed by atoms with Gasteiger partial charge in [0.2, 0.25) is 5.88 Å². The highest BCUT2D eigenvalue weighted by Gasteiger charge is 2.28. The van der Waals surface area contributed by atoms with Gasteiger partial charge in [0, 0.05) is 18.3 Å². The molecule has 0 saturated heterocycles. The zero-order valence-electron chi connectivity index (χ0n) is 10.3. The molecule has 0 N–H and O–H groups in total. The van der Waals surface area contributed by atoms with Gasteiger partial charge in [-0.2, -0.15) is 0 Å². The van der Waals surface area contributed by atoms with Crippen LogP contribution in [0.25, 0.3) is 0 Å². The van der Waals surface area contributed by atoms with E-state index in [0.717, 1.165) is 19.3 Å². The fourth-order valence-corrected chi connectivity index (χ4v) is 2.51. The highest BCUT2D eigenvalue weighted by molar-refractivity contribution is 5.98. The van der Waals surface area contributed by atoms with Crippen molar-refractivity contribution in [3.05, 3.63) is 18.1 Å². The number of nitrogens with zero attached hydrogens (tertiary/aromatic N) is 2. The molecule has 17 heavy (non-hydrogen) atoms. The normalized spacial score (nSPS) is 24.4.